The number of aromatic nitrogens is 3. The fourth-order valence-corrected chi connectivity index (χ4v) is 1.72. The molecule has 1 aromatic rings. The molecular weight excluding hydrogens is 234 g/mol. The summed E-state index contributed by atoms with van der Waals surface area (Å²) in [6, 6.07) is 0.436. The summed E-state index contributed by atoms with van der Waals surface area (Å²) >= 11 is 4.91. The van der Waals surface area contributed by atoms with Crippen molar-refractivity contribution in [2.24, 2.45) is 5.73 Å². The highest BCUT2D eigenvalue weighted by atomic mass is 32.1. The molecule has 0 fully saturated rings. The van der Waals surface area contributed by atoms with Crippen molar-refractivity contribution >= 4 is 17.2 Å². The van der Waals surface area contributed by atoms with Crippen LogP contribution >= 0.6 is 12.2 Å². The quantitative estimate of drug-likeness (QED) is 0.742. The van der Waals surface area contributed by atoms with E-state index in [2.05, 4.69) is 35.8 Å². The molecule has 1 heterocycles. The van der Waals surface area contributed by atoms with Crippen LogP contribution in [0, 0.1) is 0 Å². The Morgan fingerprint density at radius 1 is 1.59 bits per heavy atom. The molecule has 0 spiro atoms. The van der Waals surface area contributed by atoms with Crippen molar-refractivity contribution in [1.29, 1.82) is 0 Å². The predicted octanol–water partition coefficient (Wildman–Crippen LogP) is 1.18. The lowest BCUT2D eigenvalue weighted by Gasteiger charge is -2.25. The second-order valence-corrected chi connectivity index (χ2v) is 4.80. The molecule has 2 N–H and O–H groups in total. The van der Waals surface area contributed by atoms with Crippen LogP contribution in [0.3, 0.4) is 0 Å². The first-order valence-electron chi connectivity index (χ1n) is 5.93. The van der Waals surface area contributed by atoms with Crippen LogP contribution in [0.2, 0.25) is 0 Å². The van der Waals surface area contributed by atoms with Crippen LogP contribution in [0.25, 0.3) is 0 Å². The summed E-state index contributed by atoms with van der Waals surface area (Å²) in [5.74, 6) is 0.990. The molecule has 0 aliphatic rings. The molecule has 0 saturated heterocycles. The number of hydrogen-bond acceptors (Lipinski definition) is 4. The van der Waals surface area contributed by atoms with Gasteiger partial charge in [-0.05, 0) is 20.8 Å². The van der Waals surface area contributed by atoms with Crippen molar-refractivity contribution in [2.75, 3.05) is 6.54 Å². The zero-order valence-electron chi connectivity index (χ0n) is 10.8. The van der Waals surface area contributed by atoms with Gasteiger partial charge in [-0.1, -0.05) is 12.2 Å². The van der Waals surface area contributed by atoms with Gasteiger partial charge in [0.1, 0.15) is 12.2 Å². The van der Waals surface area contributed by atoms with Crippen LogP contribution in [-0.2, 0) is 13.1 Å². The van der Waals surface area contributed by atoms with Gasteiger partial charge < -0.3 is 5.73 Å². The van der Waals surface area contributed by atoms with Crippen LogP contribution < -0.4 is 5.73 Å². The summed E-state index contributed by atoms with van der Waals surface area (Å²) in [7, 11) is 0. The topological polar surface area (TPSA) is 60.0 Å². The molecule has 0 aliphatic carbocycles. The first-order chi connectivity index (χ1) is 8.04. The number of nitrogens with zero attached hydrogens (tertiary/aromatic N) is 4. The van der Waals surface area contributed by atoms with E-state index in [0.717, 1.165) is 31.9 Å². The summed E-state index contributed by atoms with van der Waals surface area (Å²) in [4.78, 5) is 7.15. The summed E-state index contributed by atoms with van der Waals surface area (Å²) in [6.07, 6.45) is 2.35. The Labute approximate surface area is 108 Å². The summed E-state index contributed by atoms with van der Waals surface area (Å²) in [5, 5.41) is 4.17. The maximum Gasteiger partial charge on any atom is 0.141 e. The van der Waals surface area contributed by atoms with Gasteiger partial charge in [-0.25, -0.2) is 9.67 Å². The zero-order valence-corrected chi connectivity index (χ0v) is 11.6. The highest BCUT2D eigenvalue weighted by Crippen LogP contribution is 2.06. The second kappa shape index (κ2) is 6.66. The maximum absolute atomic E-state index is 5.54. The van der Waals surface area contributed by atoms with E-state index in [0.29, 0.717) is 11.0 Å². The molecular formula is C11H21N5S. The molecule has 1 rings (SSSR count). The fraction of sp³-hybridized carbons (Fsp3) is 0.727. The number of thiocarbonyl (C=S) groups is 1. The summed E-state index contributed by atoms with van der Waals surface area (Å²) < 4.78 is 1.91. The van der Waals surface area contributed by atoms with Gasteiger partial charge in [-0.3, -0.25) is 4.90 Å². The summed E-state index contributed by atoms with van der Waals surface area (Å²) in [6.45, 7) is 8.87. The monoisotopic (exact) mass is 255 g/mol. The van der Waals surface area contributed by atoms with Gasteiger partial charge in [0.15, 0.2) is 0 Å². The Morgan fingerprint density at radius 2 is 2.29 bits per heavy atom. The third-order valence-corrected chi connectivity index (χ3v) is 2.92. The van der Waals surface area contributed by atoms with Crippen LogP contribution in [0.1, 0.15) is 33.0 Å². The molecule has 0 bridgehead atoms. The maximum atomic E-state index is 5.54. The lowest BCUT2D eigenvalue weighted by atomic mass is 10.2. The third kappa shape index (κ3) is 4.40. The Kier molecular flexibility index (Phi) is 5.50. The van der Waals surface area contributed by atoms with Crippen molar-refractivity contribution in [2.45, 2.75) is 46.3 Å². The average molecular weight is 255 g/mol. The first kappa shape index (κ1) is 14.1. The minimum absolute atomic E-state index is 0.436. The van der Waals surface area contributed by atoms with Crippen molar-refractivity contribution in [3.63, 3.8) is 0 Å². The van der Waals surface area contributed by atoms with Gasteiger partial charge in [0.05, 0.1) is 11.5 Å². The number of aryl methyl sites for hydroxylation is 1. The van der Waals surface area contributed by atoms with Crippen molar-refractivity contribution < 1.29 is 0 Å². The van der Waals surface area contributed by atoms with Crippen molar-refractivity contribution in [1.82, 2.24) is 19.7 Å². The molecule has 0 aromatic carbocycles. The van der Waals surface area contributed by atoms with Crippen LogP contribution in [0.4, 0.5) is 0 Å². The smallest absolute Gasteiger partial charge is 0.141 e. The minimum Gasteiger partial charge on any atom is -0.393 e. The van der Waals surface area contributed by atoms with Crippen molar-refractivity contribution in [3.8, 4) is 0 Å². The molecule has 0 radical (unpaired) electrons. The molecule has 0 saturated carbocycles. The SMILES string of the molecule is CCn1ncnc1CN(CCC(N)=S)C(C)C. The zero-order chi connectivity index (χ0) is 12.8. The van der Waals surface area contributed by atoms with Gasteiger partial charge in [0, 0.05) is 25.6 Å². The molecule has 0 amide bonds. The highest BCUT2D eigenvalue weighted by molar-refractivity contribution is 7.80. The van der Waals surface area contributed by atoms with E-state index in [-0.39, 0.29) is 0 Å². The van der Waals surface area contributed by atoms with Gasteiger partial charge in [0.25, 0.3) is 0 Å². The average Bonchev–Trinajstić information content (AvgIpc) is 2.70. The van der Waals surface area contributed by atoms with Crippen LogP contribution in [0.5, 0.6) is 0 Å². The molecule has 0 atom stereocenters. The second-order valence-electron chi connectivity index (χ2n) is 4.27. The molecule has 0 aliphatic heterocycles. The number of nitrogens with two attached hydrogens (primary N) is 1. The predicted molar refractivity (Wildman–Crippen MR) is 72.6 cm³/mol. The molecule has 17 heavy (non-hydrogen) atoms. The molecule has 5 nitrogen and oxygen atoms in total. The highest BCUT2D eigenvalue weighted by Gasteiger charge is 2.13. The van der Waals surface area contributed by atoms with Crippen LogP contribution in [-0.4, -0.2) is 37.2 Å². The lowest BCUT2D eigenvalue weighted by Crippen LogP contribution is -2.34. The van der Waals surface area contributed by atoms with Crippen molar-refractivity contribution in [3.05, 3.63) is 12.2 Å². The van der Waals surface area contributed by atoms with E-state index < -0.39 is 0 Å². The molecule has 6 heteroatoms. The van der Waals surface area contributed by atoms with Crippen LogP contribution in [0.15, 0.2) is 6.33 Å². The Morgan fingerprint density at radius 3 is 2.82 bits per heavy atom. The third-order valence-electron chi connectivity index (χ3n) is 2.72. The first-order valence-corrected chi connectivity index (χ1v) is 6.34. The largest absolute Gasteiger partial charge is 0.393 e. The standard InChI is InChI=1S/C11H21N5S/c1-4-16-11(13-8-14-16)7-15(9(2)3)6-5-10(12)17/h8-9H,4-7H2,1-3H3,(H2,12,17). The minimum atomic E-state index is 0.436. The molecule has 1 aromatic heterocycles. The van der Waals surface area contributed by atoms with E-state index in [1.807, 2.05) is 4.68 Å². The Bertz CT molecular complexity index is 360. The number of hydrogen-bond donors (Lipinski definition) is 1. The normalized spacial score (nSPS) is 11.4. The molecule has 0 unspecified atom stereocenters. The van der Waals surface area contributed by atoms with E-state index in [9.17, 15) is 0 Å². The Balaban J connectivity index is 2.63. The lowest BCUT2D eigenvalue weighted by molar-refractivity contribution is 0.210. The fourth-order valence-electron chi connectivity index (χ4n) is 1.63. The Hall–Kier alpha value is -1.01. The van der Waals surface area contributed by atoms with E-state index in [4.69, 9.17) is 18.0 Å². The molecule has 96 valence electrons. The van der Waals surface area contributed by atoms with E-state index in [1.165, 1.54) is 0 Å². The van der Waals surface area contributed by atoms with E-state index in [1.54, 1.807) is 6.33 Å². The van der Waals surface area contributed by atoms with Gasteiger partial charge in [-0.15, -0.1) is 0 Å². The van der Waals surface area contributed by atoms with E-state index >= 15 is 0 Å². The van der Waals surface area contributed by atoms with Gasteiger partial charge >= 0.3 is 0 Å². The number of rotatable bonds is 7. The van der Waals surface area contributed by atoms with Gasteiger partial charge in [0.2, 0.25) is 0 Å². The van der Waals surface area contributed by atoms with Gasteiger partial charge in [-0.2, -0.15) is 5.10 Å². The summed E-state index contributed by atoms with van der Waals surface area (Å²) in [5.41, 5.74) is 5.54.